The summed E-state index contributed by atoms with van der Waals surface area (Å²) in [6.45, 7) is 2.64. The summed E-state index contributed by atoms with van der Waals surface area (Å²) in [5, 5.41) is 9.78. The van der Waals surface area contributed by atoms with Gasteiger partial charge in [-0.05, 0) is 23.3 Å². The Bertz CT molecular complexity index is 299. The van der Waals surface area contributed by atoms with Crippen LogP contribution in [0.5, 0.6) is 0 Å². The van der Waals surface area contributed by atoms with Crippen LogP contribution in [-0.2, 0) is 11.3 Å². The second-order valence-electron chi connectivity index (χ2n) is 3.36. The van der Waals surface area contributed by atoms with Crippen molar-refractivity contribution in [1.82, 2.24) is 0 Å². The summed E-state index contributed by atoms with van der Waals surface area (Å²) in [6, 6.07) is 5.66. The van der Waals surface area contributed by atoms with Gasteiger partial charge in [0.1, 0.15) is 0 Å². The summed E-state index contributed by atoms with van der Waals surface area (Å²) in [7, 11) is 1.65. The van der Waals surface area contributed by atoms with Crippen LogP contribution < -0.4 is 0 Å². The maximum absolute atomic E-state index is 9.08. The first-order valence-electron chi connectivity index (χ1n) is 4.57. The number of aliphatic hydroxyl groups excluding tert-OH is 1. The van der Waals surface area contributed by atoms with E-state index in [2.05, 4.69) is 0 Å². The van der Waals surface area contributed by atoms with Crippen LogP contribution in [0.25, 0.3) is 0 Å². The first-order chi connectivity index (χ1) is 6.69. The third kappa shape index (κ3) is 2.71. The Morgan fingerprint density at radius 1 is 1.50 bits per heavy atom. The van der Waals surface area contributed by atoms with E-state index < -0.39 is 0 Å². The van der Waals surface area contributed by atoms with E-state index in [4.69, 9.17) is 21.4 Å². The molecule has 0 aliphatic heterocycles. The fourth-order valence-electron chi connectivity index (χ4n) is 1.43. The van der Waals surface area contributed by atoms with Crippen LogP contribution in [-0.4, -0.2) is 18.8 Å². The predicted octanol–water partition coefficient (Wildman–Crippen LogP) is 2.58. The van der Waals surface area contributed by atoms with Gasteiger partial charge in [-0.2, -0.15) is 0 Å². The first-order valence-corrected chi connectivity index (χ1v) is 4.95. The molecule has 0 fully saturated rings. The van der Waals surface area contributed by atoms with Crippen LogP contribution in [0, 0.1) is 0 Å². The summed E-state index contributed by atoms with van der Waals surface area (Å²) in [5.41, 5.74) is 2.14. The van der Waals surface area contributed by atoms with Crippen LogP contribution >= 0.6 is 11.6 Å². The van der Waals surface area contributed by atoms with Crippen LogP contribution in [0.2, 0.25) is 5.02 Å². The van der Waals surface area contributed by atoms with Crippen LogP contribution in [0.1, 0.15) is 24.0 Å². The largest absolute Gasteiger partial charge is 0.396 e. The smallest absolute Gasteiger partial charge is 0.0716 e. The Balaban J connectivity index is 3.01. The van der Waals surface area contributed by atoms with Crippen molar-refractivity contribution in [2.24, 2.45) is 0 Å². The number of aliphatic hydroxyl groups is 1. The molecule has 0 heterocycles. The van der Waals surface area contributed by atoms with Gasteiger partial charge < -0.3 is 9.84 Å². The molecule has 1 atom stereocenters. The molecule has 0 saturated carbocycles. The average Bonchev–Trinajstić information content (AvgIpc) is 2.17. The van der Waals surface area contributed by atoms with Gasteiger partial charge in [-0.3, -0.25) is 0 Å². The van der Waals surface area contributed by atoms with Crippen molar-refractivity contribution in [3.8, 4) is 0 Å². The van der Waals surface area contributed by atoms with Gasteiger partial charge in [-0.1, -0.05) is 24.6 Å². The molecule has 14 heavy (non-hydrogen) atoms. The molecule has 1 aromatic rings. The Hall–Kier alpha value is -0.570. The fraction of sp³-hybridized carbons (Fsp3) is 0.455. The summed E-state index contributed by atoms with van der Waals surface area (Å²) < 4.78 is 5.08. The van der Waals surface area contributed by atoms with Crippen molar-refractivity contribution >= 4 is 11.6 Å². The van der Waals surface area contributed by atoms with E-state index in [1.165, 1.54) is 0 Å². The lowest BCUT2D eigenvalue weighted by Crippen LogP contribution is -2.04. The van der Waals surface area contributed by atoms with Crippen molar-refractivity contribution in [2.75, 3.05) is 13.7 Å². The van der Waals surface area contributed by atoms with Gasteiger partial charge in [-0.25, -0.2) is 0 Å². The normalized spacial score (nSPS) is 12.9. The topological polar surface area (TPSA) is 29.5 Å². The molecular weight excluding hydrogens is 200 g/mol. The number of hydrogen-bond donors (Lipinski definition) is 1. The molecular formula is C11H15ClO2. The molecule has 1 N–H and O–H groups in total. The van der Waals surface area contributed by atoms with E-state index >= 15 is 0 Å². The molecule has 0 amide bonds. The maximum atomic E-state index is 9.08. The lowest BCUT2D eigenvalue weighted by atomic mass is 9.97. The standard InChI is InChI=1S/C11H15ClO2/c1-8(6-13)11-4-3-10(12)5-9(11)7-14-2/h3-5,8,13H,6-7H2,1-2H3. The van der Waals surface area contributed by atoms with E-state index in [1.54, 1.807) is 7.11 Å². The van der Waals surface area contributed by atoms with E-state index in [1.807, 2.05) is 25.1 Å². The zero-order valence-corrected chi connectivity index (χ0v) is 9.21. The van der Waals surface area contributed by atoms with Gasteiger partial charge in [0, 0.05) is 24.7 Å². The molecule has 0 aromatic heterocycles. The Morgan fingerprint density at radius 3 is 2.79 bits per heavy atom. The number of methoxy groups -OCH3 is 1. The number of hydrogen-bond acceptors (Lipinski definition) is 2. The minimum atomic E-state index is 0.123. The monoisotopic (exact) mass is 214 g/mol. The maximum Gasteiger partial charge on any atom is 0.0716 e. The van der Waals surface area contributed by atoms with Gasteiger partial charge >= 0.3 is 0 Å². The summed E-state index contributed by atoms with van der Waals surface area (Å²) in [5.74, 6) is 0.123. The quantitative estimate of drug-likeness (QED) is 0.835. The van der Waals surface area contributed by atoms with Gasteiger partial charge in [0.05, 0.1) is 6.61 Å². The van der Waals surface area contributed by atoms with E-state index in [0.717, 1.165) is 11.1 Å². The molecule has 0 saturated heterocycles. The van der Waals surface area contributed by atoms with Gasteiger partial charge in [-0.15, -0.1) is 0 Å². The lowest BCUT2D eigenvalue weighted by Gasteiger charge is -2.14. The van der Waals surface area contributed by atoms with Gasteiger partial charge in [0.2, 0.25) is 0 Å². The van der Waals surface area contributed by atoms with Crippen molar-refractivity contribution < 1.29 is 9.84 Å². The highest BCUT2D eigenvalue weighted by molar-refractivity contribution is 6.30. The molecule has 78 valence electrons. The Labute approximate surface area is 89.5 Å². The van der Waals surface area contributed by atoms with Gasteiger partial charge in [0.25, 0.3) is 0 Å². The molecule has 0 bridgehead atoms. The molecule has 1 aromatic carbocycles. The highest BCUT2D eigenvalue weighted by Gasteiger charge is 2.09. The SMILES string of the molecule is COCc1cc(Cl)ccc1C(C)CO. The molecule has 3 heteroatoms. The molecule has 0 aliphatic rings. The van der Waals surface area contributed by atoms with Gasteiger partial charge in [0.15, 0.2) is 0 Å². The third-order valence-corrected chi connectivity index (χ3v) is 2.44. The third-order valence-electron chi connectivity index (χ3n) is 2.21. The van der Waals surface area contributed by atoms with E-state index in [0.29, 0.717) is 11.6 Å². The summed E-state index contributed by atoms with van der Waals surface area (Å²) >= 11 is 5.88. The van der Waals surface area contributed by atoms with E-state index in [-0.39, 0.29) is 12.5 Å². The number of halogens is 1. The summed E-state index contributed by atoms with van der Waals surface area (Å²) in [6.07, 6.45) is 0. The Morgan fingerprint density at radius 2 is 2.21 bits per heavy atom. The highest BCUT2D eigenvalue weighted by atomic mass is 35.5. The van der Waals surface area contributed by atoms with Crippen molar-refractivity contribution in [3.63, 3.8) is 0 Å². The van der Waals surface area contributed by atoms with Crippen LogP contribution in [0.4, 0.5) is 0 Å². The zero-order chi connectivity index (χ0) is 10.6. The second kappa shape index (κ2) is 5.35. The molecule has 0 radical (unpaired) electrons. The van der Waals surface area contributed by atoms with Crippen LogP contribution in [0.15, 0.2) is 18.2 Å². The minimum absolute atomic E-state index is 0.123. The first kappa shape index (κ1) is 11.5. The molecule has 1 rings (SSSR count). The second-order valence-corrected chi connectivity index (χ2v) is 3.80. The zero-order valence-electron chi connectivity index (χ0n) is 8.46. The molecule has 0 spiro atoms. The molecule has 2 nitrogen and oxygen atoms in total. The number of benzene rings is 1. The number of ether oxygens (including phenoxy) is 1. The highest BCUT2D eigenvalue weighted by Crippen LogP contribution is 2.23. The van der Waals surface area contributed by atoms with Crippen molar-refractivity contribution in [2.45, 2.75) is 19.4 Å². The lowest BCUT2D eigenvalue weighted by molar-refractivity contribution is 0.183. The van der Waals surface area contributed by atoms with Crippen molar-refractivity contribution in [1.29, 1.82) is 0 Å². The van der Waals surface area contributed by atoms with Crippen molar-refractivity contribution in [3.05, 3.63) is 34.3 Å². The molecule has 1 unspecified atom stereocenters. The fourth-order valence-corrected chi connectivity index (χ4v) is 1.63. The predicted molar refractivity (Wildman–Crippen MR) is 57.7 cm³/mol. The van der Waals surface area contributed by atoms with Crippen LogP contribution in [0.3, 0.4) is 0 Å². The van der Waals surface area contributed by atoms with E-state index in [9.17, 15) is 0 Å². The molecule has 0 aliphatic carbocycles. The Kier molecular flexibility index (Phi) is 4.39. The number of rotatable bonds is 4. The summed E-state index contributed by atoms with van der Waals surface area (Å²) in [4.78, 5) is 0. The minimum Gasteiger partial charge on any atom is -0.396 e. The average molecular weight is 215 g/mol.